The Kier molecular flexibility index (Phi) is 4.44. The van der Waals surface area contributed by atoms with Crippen LogP contribution in [0, 0.1) is 12.8 Å². The number of aryl methyl sites for hydroxylation is 1. The summed E-state index contributed by atoms with van der Waals surface area (Å²) in [5.74, 6) is 1.77. The van der Waals surface area contributed by atoms with Gasteiger partial charge in [0.05, 0.1) is 11.7 Å². The Labute approximate surface area is 148 Å². The van der Waals surface area contributed by atoms with E-state index >= 15 is 0 Å². The molecule has 4 rings (SSSR count). The van der Waals surface area contributed by atoms with Crippen LogP contribution in [0.5, 0.6) is 0 Å². The molecule has 1 aromatic carbocycles. The zero-order valence-electron chi connectivity index (χ0n) is 14.6. The largest absolute Gasteiger partial charge is 0.370 e. The first kappa shape index (κ1) is 16.1. The summed E-state index contributed by atoms with van der Waals surface area (Å²) in [6, 6.07) is 12.2. The summed E-state index contributed by atoms with van der Waals surface area (Å²) in [6.07, 6.45) is 0.887. The van der Waals surface area contributed by atoms with Crippen molar-refractivity contribution in [2.45, 2.75) is 32.5 Å². The lowest BCUT2D eigenvalue weighted by Gasteiger charge is -2.26. The van der Waals surface area contributed by atoms with E-state index in [9.17, 15) is 4.79 Å². The number of carbonyl (C=O) groups excluding carboxylic acids is 1. The lowest BCUT2D eigenvalue weighted by Crippen LogP contribution is -2.43. The molecule has 2 atom stereocenters. The number of hydrogen-bond acceptors (Lipinski definition) is 4. The zero-order valence-corrected chi connectivity index (χ0v) is 14.6. The second-order valence-corrected chi connectivity index (χ2v) is 7.09. The van der Waals surface area contributed by atoms with Gasteiger partial charge < -0.3 is 15.5 Å². The highest BCUT2D eigenvalue weighted by molar-refractivity contribution is 5.83. The van der Waals surface area contributed by atoms with Crippen LogP contribution in [-0.2, 0) is 17.9 Å². The van der Waals surface area contributed by atoms with Gasteiger partial charge in [-0.1, -0.05) is 30.3 Å². The molecule has 6 nitrogen and oxygen atoms in total. The van der Waals surface area contributed by atoms with Crippen molar-refractivity contribution in [1.82, 2.24) is 20.0 Å². The molecule has 3 heterocycles. The van der Waals surface area contributed by atoms with Crippen LogP contribution in [0.1, 0.15) is 17.7 Å². The predicted molar refractivity (Wildman–Crippen MR) is 97.2 cm³/mol. The second kappa shape index (κ2) is 6.88. The number of carbonyl (C=O) groups is 1. The maximum Gasteiger partial charge on any atom is 0.240 e. The lowest BCUT2D eigenvalue weighted by atomic mass is 10.1. The third-order valence-electron chi connectivity index (χ3n) is 5.07. The van der Waals surface area contributed by atoms with Crippen molar-refractivity contribution < 1.29 is 4.79 Å². The highest BCUT2D eigenvalue weighted by Crippen LogP contribution is 2.19. The second-order valence-electron chi connectivity index (χ2n) is 7.09. The first-order valence-electron chi connectivity index (χ1n) is 9.03. The van der Waals surface area contributed by atoms with E-state index in [1.807, 2.05) is 34.7 Å². The minimum atomic E-state index is -0.0514. The quantitative estimate of drug-likeness (QED) is 0.869. The number of likely N-dealkylation sites (tertiary alicyclic amines) is 1. The number of nitrogens with one attached hydrogen (secondary N) is 2. The maximum atomic E-state index is 12.6. The number of nitrogens with zero attached hydrogens (tertiary/aromatic N) is 3. The van der Waals surface area contributed by atoms with Crippen LogP contribution >= 0.6 is 0 Å². The molecule has 2 aromatic rings. The van der Waals surface area contributed by atoms with Crippen molar-refractivity contribution in [2.24, 2.45) is 5.92 Å². The molecular weight excluding hydrogens is 314 g/mol. The van der Waals surface area contributed by atoms with Crippen LogP contribution in [0.3, 0.4) is 0 Å². The van der Waals surface area contributed by atoms with E-state index in [-0.39, 0.29) is 11.9 Å². The Bertz CT molecular complexity index is 742. The van der Waals surface area contributed by atoms with E-state index in [2.05, 4.69) is 33.9 Å². The molecule has 0 radical (unpaired) electrons. The van der Waals surface area contributed by atoms with Gasteiger partial charge >= 0.3 is 0 Å². The summed E-state index contributed by atoms with van der Waals surface area (Å²) in [5, 5.41) is 11.4. The number of aromatic nitrogens is 2. The number of rotatable bonds is 5. The lowest BCUT2D eigenvalue weighted by molar-refractivity contribution is -0.129. The van der Waals surface area contributed by atoms with Gasteiger partial charge in [-0.25, -0.2) is 4.68 Å². The highest BCUT2D eigenvalue weighted by atomic mass is 16.2. The molecule has 0 spiro atoms. The molecule has 6 heteroatoms. The van der Waals surface area contributed by atoms with Gasteiger partial charge in [0.1, 0.15) is 5.82 Å². The summed E-state index contributed by atoms with van der Waals surface area (Å²) in [4.78, 5) is 14.6. The third kappa shape index (κ3) is 3.54. The zero-order chi connectivity index (χ0) is 17.2. The van der Waals surface area contributed by atoms with E-state index < -0.39 is 0 Å². The van der Waals surface area contributed by atoms with Crippen LogP contribution in [0.4, 0.5) is 5.82 Å². The summed E-state index contributed by atoms with van der Waals surface area (Å²) in [5.41, 5.74) is 2.23. The Morgan fingerprint density at radius 2 is 2.16 bits per heavy atom. The molecule has 0 aliphatic carbocycles. The molecule has 132 valence electrons. The van der Waals surface area contributed by atoms with Crippen LogP contribution < -0.4 is 10.6 Å². The van der Waals surface area contributed by atoms with Gasteiger partial charge in [-0.3, -0.25) is 4.79 Å². The van der Waals surface area contributed by atoms with E-state index in [0.717, 1.165) is 44.1 Å². The van der Waals surface area contributed by atoms with Crippen LogP contribution in [0.15, 0.2) is 36.4 Å². The van der Waals surface area contributed by atoms with Gasteiger partial charge in [-0.2, -0.15) is 5.10 Å². The van der Waals surface area contributed by atoms with Gasteiger partial charge in [0.25, 0.3) is 0 Å². The third-order valence-corrected chi connectivity index (χ3v) is 5.07. The smallest absolute Gasteiger partial charge is 0.240 e. The molecule has 25 heavy (non-hydrogen) atoms. The van der Waals surface area contributed by atoms with Gasteiger partial charge in [0, 0.05) is 44.7 Å². The molecule has 2 N–H and O–H groups in total. The normalized spacial score (nSPS) is 22.8. The van der Waals surface area contributed by atoms with Crippen LogP contribution in [-0.4, -0.2) is 46.3 Å². The van der Waals surface area contributed by atoms with E-state index in [0.29, 0.717) is 12.5 Å². The maximum absolute atomic E-state index is 12.6. The first-order valence-corrected chi connectivity index (χ1v) is 9.03. The summed E-state index contributed by atoms with van der Waals surface area (Å²) >= 11 is 0. The minimum absolute atomic E-state index is 0.0514. The van der Waals surface area contributed by atoms with Gasteiger partial charge in [0.15, 0.2) is 0 Å². The van der Waals surface area contributed by atoms with Crippen molar-refractivity contribution in [3.8, 4) is 0 Å². The molecule has 1 saturated heterocycles. The summed E-state index contributed by atoms with van der Waals surface area (Å²) in [7, 11) is 0. The number of fused-ring (bicyclic) bond motifs is 1. The monoisotopic (exact) mass is 339 g/mol. The SMILES string of the molecule is Cc1cc2n(n1)C[C@H](CN[C@H]1CCN(Cc3ccccc3)C1=O)CN2. The fraction of sp³-hybridized carbons (Fsp3) is 0.474. The van der Waals surface area contributed by atoms with Gasteiger partial charge in [0.2, 0.25) is 5.91 Å². The Balaban J connectivity index is 1.28. The number of benzene rings is 1. The summed E-state index contributed by atoms with van der Waals surface area (Å²) in [6.45, 7) is 6.21. The molecule has 2 aliphatic rings. The van der Waals surface area contributed by atoms with Gasteiger partial charge in [-0.05, 0) is 18.9 Å². The molecular formula is C19H25N5O. The van der Waals surface area contributed by atoms with Crippen molar-refractivity contribution in [3.63, 3.8) is 0 Å². The fourth-order valence-corrected chi connectivity index (χ4v) is 3.72. The van der Waals surface area contributed by atoms with E-state index in [4.69, 9.17) is 0 Å². The number of amides is 1. The molecule has 0 unspecified atom stereocenters. The average molecular weight is 339 g/mol. The Morgan fingerprint density at radius 3 is 3.00 bits per heavy atom. The number of anilines is 1. The van der Waals surface area contributed by atoms with Crippen LogP contribution in [0.25, 0.3) is 0 Å². The molecule has 1 aromatic heterocycles. The minimum Gasteiger partial charge on any atom is -0.370 e. The van der Waals surface area contributed by atoms with Crippen molar-refractivity contribution in [2.75, 3.05) is 25.0 Å². The van der Waals surface area contributed by atoms with Gasteiger partial charge in [-0.15, -0.1) is 0 Å². The fourth-order valence-electron chi connectivity index (χ4n) is 3.72. The Hall–Kier alpha value is -2.34. The van der Waals surface area contributed by atoms with E-state index in [1.54, 1.807) is 0 Å². The summed E-state index contributed by atoms with van der Waals surface area (Å²) < 4.78 is 2.03. The number of hydrogen-bond donors (Lipinski definition) is 2. The average Bonchev–Trinajstić information content (AvgIpc) is 3.16. The molecule has 1 fully saturated rings. The topological polar surface area (TPSA) is 62.2 Å². The molecule has 1 amide bonds. The van der Waals surface area contributed by atoms with Crippen molar-refractivity contribution in [1.29, 1.82) is 0 Å². The molecule has 0 bridgehead atoms. The molecule has 2 aliphatic heterocycles. The van der Waals surface area contributed by atoms with E-state index in [1.165, 1.54) is 5.56 Å². The first-order chi connectivity index (χ1) is 12.2. The molecule has 0 saturated carbocycles. The highest BCUT2D eigenvalue weighted by Gasteiger charge is 2.32. The Morgan fingerprint density at radius 1 is 1.32 bits per heavy atom. The van der Waals surface area contributed by atoms with Crippen molar-refractivity contribution in [3.05, 3.63) is 47.7 Å². The van der Waals surface area contributed by atoms with Crippen LogP contribution in [0.2, 0.25) is 0 Å². The predicted octanol–water partition coefficient (Wildman–Crippen LogP) is 1.62. The van der Waals surface area contributed by atoms with Crippen molar-refractivity contribution >= 4 is 11.7 Å². The standard InChI is InChI=1S/C19H25N5O/c1-14-9-18-21-11-16(13-24(18)22-14)10-20-17-7-8-23(19(17)25)12-15-5-3-2-4-6-15/h2-6,9,16-17,20-21H,7-8,10-13H2,1H3/t16-,17+/m1/s1.